The molecule has 0 spiro atoms. The molecule has 0 aromatic heterocycles. The number of carbonyl (C=O) groups excluding carboxylic acids is 3. The molecule has 3 aromatic rings. The fourth-order valence-electron chi connectivity index (χ4n) is 4.25. The molecule has 2 N–H and O–H groups in total. The van der Waals surface area contributed by atoms with E-state index in [4.69, 9.17) is 9.47 Å². The third-order valence-electron chi connectivity index (χ3n) is 7.78. The predicted molar refractivity (Wildman–Crippen MR) is 164 cm³/mol. The molecule has 0 aliphatic carbocycles. The quantitative estimate of drug-likeness (QED) is 0.170. The maximum Gasteiger partial charge on any atom is 0.262 e. The number of Topliss-reactive ketones (excluding diaryl/α,β-unsaturated/α-hetero) is 1. The van der Waals surface area contributed by atoms with Gasteiger partial charge in [0.1, 0.15) is 11.5 Å². The molecule has 7 nitrogen and oxygen atoms in total. The number of amides is 2. The second-order valence-corrected chi connectivity index (χ2v) is 11.5. The molecule has 7 heteroatoms. The van der Waals surface area contributed by atoms with E-state index in [0.717, 1.165) is 18.4 Å². The van der Waals surface area contributed by atoms with Gasteiger partial charge in [0.2, 0.25) is 5.91 Å². The van der Waals surface area contributed by atoms with Gasteiger partial charge in [-0.05, 0) is 77.8 Å². The van der Waals surface area contributed by atoms with Gasteiger partial charge in [0, 0.05) is 22.5 Å². The fraction of sp³-hybridized carbons (Fsp3) is 0.382. The largest absolute Gasteiger partial charge is 0.497 e. The minimum Gasteiger partial charge on any atom is -0.497 e. The number of rotatable bonds is 13. The first kappa shape index (κ1) is 31.4. The summed E-state index contributed by atoms with van der Waals surface area (Å²) < 4.78 is 11.1. The minimum absolute atomic E-state index is 0.0396. The van der Waals surface area contributed by atoms with E-state index >= 15 is 0 Å². The number of anilines is 2. The summed E-state index contributed by atoms with van der Waals surface area (Å²) in [7, 11) is 1.55. The van der Waals surface area contributed by atoms with Crippen molar-refractivity contribution in [3.8, 4) is 11.5 Å². The average molecular weight is 559 g/mol. The van der Waals surface area contributed by atoms with Gasteiger partial charge in [-0.1, -0.05) is 59.7 Å². The van der Waals surface area contributed by atoms with Gasteiger partial charge in [0.25, 0.3) is 5.91 Å². The van der Waals surface area contributed by atoms with E-state index in [1.165, 1.54) is 5.56 Å². The van der Waals surface area contributed by atoms with Crippen molar-refractivity contribution in [3.05, 3.63) is 83.4 Å². The Morgan fingerprint density at radius 1 is 0.756 bits per heavy atom. The molecule has 0 atom stereocenters. The summed E-state index contributed by atoms with van der Waals surface area (Å²) in [4.78, 5) is 37.7. The van der Waals surface area contributed by atoms with Crippen LogP contribution in [0.5, 0.6) is 11.5 Å². The molecule has 0 saturated heterocycles. The zero-order valence-electron chi connectivity index (χ0n) is 25.2. The highest BCUT2D eigenvalue weighted by Gasteiger charge is 2.27. The van der Waals surface area contributed by atoms with Crippen LogP contribution in [0.1, 0.15) is 82.3 Å². The third kappa shape index (κ3) is 8.43. The van der Waals surface area contributed by atoms with Crippen LogP contribution < -0.4 is 20.1 Å². The molecule has 0 aliphatic rings. The van der Waals surface area contributed by atoms with Crippen molar-refractivity contribution < 1.29 is 23.9 Å². The van der Waals surface area contributed by atoms with Crippen molar-refractivity contribution in [2.75, 3.05) is 24.4 Å². The van der Waals surface area contributed by atoms with Gasteiger partial charge >= 0.3 is 0 Å². The van der Waals surface area contributed by atoms with Crippen LogP contribution >= 0.6 is 0 Å². The molecule has 2 amide bonds. The number of ether oxygens (including phenoxy) is 2. The lowest BCUT2D eigenvalue weighted by atomic mass is 9.76. The van der Waals surface area contributed by atoms with E-state index in [9.17, 15) is 14.4 Å². The molecule has 41 heavy (non-hydrogen) atoms. The summed E-state index contributed by atoms with van der Waals surface area (Å²) in [6.07, 6.45) is 1.64. The second kappa shape index (κ2) is 13.5. The van der Waals surface area contributed by atoms with E-state index in [1.54, 1.807) is 55.6 Å². The Morgan fingerprint density at radius 2 is 1.37 bits per heavy atom. The number of benzene rings is 3. The molecule has 0 radical (unpaired) electrons. The van der Waals surface area contributed by atoms with Crippen molar-refractivity contribution >= 4 is 29.0 Å². The van der Waals surface area contributed by atoms with Gasteiger partial charge in [-0.15, -0.1) is 0 Å². The Kier molecular flexibility index (Phi) is 10.3. The smallest absolute Gasteiger partial charge is 0.262 e. The van der Waals surface area contributed by atoms with Crippen LogP contribution in [-0.2, 0) is 20.4 Å². The van der Waals surface area contributed by atoms with Gasteiger partial charge < -0.3 is 20.1 Å². The van der Waals surface area contributed by atoms with E-state index in [1.807, 2.05) is 6.07 Å². The van der Waals surface area contributed by atoms with Crippen molar-refractivity contribution in [1.82, 2.24) is 0 Å². The Hall–Kier alpha value is -4.13. The zero-order chi connectivity index (χ0) is 30.2. The Labute approximate surface area is 243 Å². The average Bonchev–Trinajstić information content (AvgIpc) is 2.96. The van der Waals surface area contributed by atoms with Crippen LogP contribution in [0.25, 0.3) is 0 Å². The summed E-state index contributed by atoms with van der Waals surface area (Å²) in [5.74, 6) is 0.267. The molecular formula is C34H42N2O5. The first-order chi connectivity index (χ1) is 19.4. The van der Waals surface area contributed by atoms with Crippen LogP contribution in [0.4, 0.5) is 11.4 Å². The molecular weight excluding hydrogens is 516 g/mol. The Balaban J connectivity index is 1.62. The lowest BCUT2D eigenvalue weighted by molar-refractivity contribution is -0.118. The summed E-state index contributed by atoms with van der Waals surface area (Å²) in [5, 5.41) is 5.55. The molecule has 0 saturated carbocycles. The van der Waals surface area contributed by atoms with Crippen LogP contribution in [0.15, 0.2) is 66.7 Å². The van der Waals surface area contributed by atoms with E-state index in [2.05, 4.69) is 64.3 Å². The van der Waals surface area contributed by atoms with Gasteiger partial charge in [0.15, 0.2) is 12.4 Å². The van der Waals surface area contributed by atoms with Gasteiger partial charge in [0.05, 0.1) is 13.5 Å². The molecule has 0 fully saturated rings. The van der Waals surface area contributed by atoms with Crippen molar-refractivity contribution in [3.63, 3.8) is 0 Å². The number of ketones is 1. The first-order valence-electron chi connectivity index (χ1n) is 14.0. The highest BCUT2D eigenvalue weighted by molar-refractivity contribution is 6.11. The van der Waals surface area contributed by atoms with Crippen molar-refractivity contribution in [1.29, 1.82) is 0 Å². The number of nitrogens with one attached hydrogen (secondary N) is 2. The molecule has 0 heterocycles. The number of methoxy groups -OCH3 is 1. The standard InChI is InChI=1S/C34H42N2O5/c1-8-33(3,4)24-15-18-30(28(19-24)34(5,6)9-2)41-22-32(39)36-26-12-10-11-25(20-26)35-31(38)21-29(37)23-13-16-27(40-7)17-14-23/h10-20H,8-9,21-22H2,1-7H3,(H,35,38)(H,36,39). The molecule has 0 bridgehead atoms. The summed E-state index contributed by atoms with van der Waals surface area (Å²) >= 11 is 0. The molecule has 3 rings (SSSR count). The fourth-order valence-corrected chi connectivity index (χ4v) is 4.25. The third-order valence-corrected chi connectivity index (χ3v) is 7.78. The number of carbonyl (C=O) groups is 3. The highest BCUT2D eigenvalue weighted by atomic mass is 16.5. The summed E-state index contributed by atoms with van der Waals surface area (Å²) in [5.41, 5.74) is 3.66. The van der Waals surface area contributed by atoms with E-state index in [0.29, 0.717) is 28.4 Å². The number of hydrogen-bond donors (Lipinski definition) is 2. The predicted octanol–water partition coefficient (Wildman–Crippen LogP) is 7.30. The van der Waals surface area contributed by atoms with Crippen LogP contribution in [0.2, 0.25) is 0 Å². The molecule has 218 valence electrons. The van der Waals surface area contributed by atoms with Crippen molar-refractivity contribution in [2.24, 2.45) is 0 Å². The zero-order valence-corrected chi connectivity index (χ0v) is 25.2. The maximum atomic E-state index is 12.8. The van der Waals surface area contributed by atoms with Crippen LogP contribution in [-0.4, -0.2) is 31.3 Å². The molecule has 3 aromatic carbocycles. The SMILES string of the molecule is CCC(C)(C)c1ccc(OCC(=O)Nc2cccc(NC(=O)CC(=O)c3ccc(OC)cc3)c2)c(C(C)(C)CC)c1. The lowest BCUT2D eigenvalue weighted by Gasteiger charge is -2.30. The van der Waals surface area contributed by atoms with Gasteiger partial charge in [-0.2, -0.15) is 0 Å². The van der Waals surface area contributed by atoms with Gasteiger partial charge in [-0.3, -0.25) is 14.4 Å². The normalized spacial score (nSPS) is 11.5. The Morgan fingerprint density at radius 3 is 1.95 bits per heavy atom. The summed E-state index contributed by atoms with van der Waals surface area (Å²) in [6, 6.07) is 19.6. The lowest BCUT2D eigenvalue weighted by Crippen LogP contribution is -2.24. The molecule has 0 unspecified atom stereocenters. The van der Waals surface area contributed by atoms with Crippen molar-refractivity contribution in [2.45, 2.75) is 71.6 Å². The maximum absolute atomic E-state index is 12.8. The summed E-state index contributed by atoms with van der Waals surface area (Å²) in [6.45, 7) is 13.0. The van der Waals surface area contributed by atoms with E-state index in [-0.39, 0.29) is 35.5 Å². The van der Waals surface area contributed by atoms with Crippen LogP contribution in [0.3, 0.4) is 0 Å². The Bertz CT molecular complexity index is 1380. The van der Waals surface area contributed by atoms with Crippen LogP contribution in [0, 0.1) is 0 Å². The monoisotopic (exact) mass is 558 g/mol. The minimum atomic E-state index is -0.446. The second-order valence-electron chi connectivity index (χ2n) is 11.5. The molecule has 0 aliphatic heterocycles. The van der Waals surface area contributed by atoms with Gasteiger partial charge in [-0.25, -0.2) is 0 Å². The van der Waals surface area contributed by atoms with E-state index < -0.39 is 5.91 Å². The topological polar surface area (TPSA) is 93.7 Å². The first-order valence-corrected chi connectivity index (χ1v) is 14.0. The number of hydrogen-bond acceptors (Lipinski definition) is 5. The highest BCUT2D eigenvalue weighted by Crippen LogP contribution is 2.38.